The third-order valence-corrected chi connectivity index (χ3v) is 4.51. The Hall–Kier alpha value is -1.09. The molecule has 1 N–H and O–H groups in total. The first-order valence-corrected chi connectivity index (χ1v) is 7.06. The molecule has 1 saturated heterocycles. The van der Waals surface area contributed by atoms with E-state index in [-0.39, 0.29) is 0 Å². The van der Waals surface area contributed by atoms with Crippen molar-refractivity contribution in [3.05, 3.63) is 24.0 Å². The van der Waals surface area contributed by atoms with Crippen molar-refractivity contribution in [1.82, 2.24) is 9.88 Å². The van der Waals surface area contributed by atoms with E-state index in [1.54, 1.807) is 0 Å². The van der Waals surface area contributed by atoms with Crippen molar-refractivity contribution in [1.29, 1.82) is 0 Å². The first kappa shape index (κ1) is 13.3. The zero-order chi connectivity index (χ0) is 13.0. The molecule has 0 atom stereocenters. The monoisotopic (exact) mass is 247 g/mol. The molecule has 1 aliphatic rings. The first-order chi connectivity index (χ1) is 8.71. The average Bonchev–Trinajstić information content (AvgIpc) is 2.83. The molecule has 0 radical (unpaired) electrons. The molecule has 3 nitrogen and oxygen atoms in total. The quantitative estimate of drug-likeness (QED) is 0.866. The zero-order valence-electron chi connectivity index (χ0n) is 11.9. The van der Waals surface area contributed by atoms with Gasteiger partial charge in [-0.1, -0.05) is 13.8 Å². The summed E-state index contributed by atoms with van der Waals surface area (Å²) in [5.41, 5.74) is 2.88. The van der Waals surface area contributed by atoms with Crippen LogP contribution in [0.3, 0.4) is 0 Å². The maximum Gasteiger partial charge on any atom is 0.0564 e. The highest BCUT2D eigenvalue weighted by Crippen LogP contribution is 2.37. The summed E-state index contributed by atoms with van der Waals surface area (Å²) in [6.07, 6.45) is 5.82. The lowest BCUT2D eigenvalue weighted by molar-refractivity contribution is 0.235. The standard InChI is InChI=1S/C15H25N3/c1-4-15(5-2)7-9-18(12-15)11-14-10-13(16-3)6-8-17-14/h6,8,10H,4-5,7,9,11-12H2,1-3H3,(H,16,17). The van der Waals surface area contributed by atoms with E-state index in [1.807, 2.05) is 19.3 Å². The minimum atomic E-state index is 0.556. The number of rotatable bonds is 5. The number of hydrogen-bond acceptors (Lipinski definition) is 3. The van der Waals surface area contributed by atoms with E-state index in [1.165, 1.54) is 38.0 Å². The lowest BCUT2D eigenvalue weighted by Gasteiger charge is -2.26. The third kappa shape index (κ3) is 2.83. The minimum Gasteiger partial charge on any atom is -0.388 e. The fourth-order valence-corrected chi connectivity index (χ4v) is 2.94. The van der Waals surface area contributed by atoms with E-state index in [0.717, 1.165) is 12.2 Å². The molecule has 1 fully saturated rings. The van der Waals surface area contributed by atoms with Crippen molar-refractivity contribution in [3.8, 4) is 0 Å². The minimum absolute atomic E-state index is 0.556. The lowest BCUT2D eigenvalue weighted by atomic mass is 9.82. The largest absolute Gasteiger partial charge is 0.388 e. The van der Waals surface area contributed by atoms with Gasteiger partial charge in [-0.25, -0.2) is 0 Å². The third-order valence-electron chi connectivity index (χ3n) is 4.51. The second-order valence-corrected chi connectivity index (χ2v) is 5.45. The molecule has 1 aromatic heterocycles. The zero-order valence-corrected chi connectivity index (χ0v) is 11.9. The van der Waals surface area contributed by atoms with E-state index in [9.17, 15) is 0 Å². The number of hydrogen-bond donors (Lipinski definition) is 1. The molecule has 0 unspecified atom stereocenters. The summed E-state index contributed by atoms with van der Waals surface area (Å²) in [6.45, 7) is 8.08. The first-order valence-electron chi connectivity index (χ1n) is 7.06. The highest BCUT2D eigenvalue weighted by molar-refractivity contribution is 5.42. The summed E-state index contributed by atoms with van der Waals surface area (Å²) < 4.78 is 0. The van der Waals surface area contributed by atoms with Crippen LogP contribution in [0, 0.1) is 5.41 Å². The van der Waals surface area contributed by atoms with E-state index < -0.39 is 0 Å². The molecule has 3 heteroatoms. The predicted octanol–water partition coefficient (Wildman–Crippen LogP) is 3.14. The summed E-state index contributed by atoms with van der Waals surface area (Å²) in [5, 5.41) is 3.17. The van der Waals surface area contributed by atoms with Gasteiger partial charge >= 0.3 is 0 Å². The number of pyridine rings is 1. The van der Waals surface area contributed by atoms with Gasteiger partial charge in [0.25, 0.3) is 0 Å². The van der Waals surface area contributed by atoms with Gasteiger partial charge in [-0.15, -0.1) is 0 Å². The molecule has 2 heterocycles. The molecule has 1 aliphatic heterocycles. The lowest BCUT2D eigenvalue weighted by Crippen LogP contribution is -2.26. The number of nitrogens with zero attached hydrogens (tertiary/aromatic N) is 2. The van der Waals surface area contributed by atoms with Crippen molar-refractivity contribution in [2.45, 2.75) is 39.7 Å². The summed E-state index contributed by atoms with van der Waals surface area (Å²) in [7, 11) is 1.95. The van der Waals surface area contributed by atoms with Gasteiger partial charge in [0.1, 0.15) is 0 Å². The Morgan fingerprint density at radius 1 is 1.39 bits per heavy atom. The molecule has 1 aromatic rings. The van der Waals surface area contributed by atoms with Crippen LogP contribution in [-0.2, 0) is 6.54 Å². The van der Waals surface area contributed by atoms with Crippen LogP contribution in [0.25, 0.3) is 0 Å². The fourth-order valence-electron chi connectivity index (χ4n) is 2.94. The van der Waals surface area contributed by atoms with Crippen LogP contribution in [0.15, 0.2) is 18.3 Å². The molecule has 0 spiro atoms. The van der Waals surface area contributed by atoms with Gasteiger partial charge in [0.2, 0.25) is 0 Å². The summed E-state index contributed by atoms with van der Waals surface area (Å²) in [5.74, 6) is 0. The van der Waals surface area contributed by atoms with Crippen molar-refractivity contribution >= 4 is 5.69 Å². The molecule has 0 amide bonds. The molecule has 0 aliphatic carbocycles. The Kier molecular flexibility index (Phi) is 4.23. The van der Waals surface area contributed by atoms with Gasteiger partial charge in [0, 0.05) is 32.0 Å². The summed E-state index contributed by atoms with van der Waals surface area (Å²) in [6, 6.07) is 4.16. The average molecular weight is 247 g/mol. The second kappa shape index (κ2) is 5.70. The second-order valence-electron chi connectivity index (χ2n) is 5.45. The number of nitrogens with one attached hydrogen (secondary N) is 1. The van der Waals surface area contributed by atoms with E-state index >= 15 is 0 Å². The molecule has 0 saturated carbocycles. The van der Waals surface area contributed by atoms with Crippen LogP contribution in [0.5, 0.6) is 0 Å². The van der Waals surface area contributed by atoms with E-state index in [2.05, 4.69) is 35.1 Å². The van der Waals surface area contributed by atoms with Crippen LogP contribution in [-0.4, -0.2) is 30.0 Å². The predicted molar refractivity (Wildman–Crippen MR) is 76.7 cm³/mol. The Morgan fingerprint density at radius 3 is 2.78 bits per heavy atom. The molecular formula is C15H25N3. The molecule has 0 aromatic carbocycles. The van der Waals surface area contributed by atoms with E-state index in [4.69, 9.17) is 0 Å². The normalized spacial score (nSPS) is 19.1. The smallest absolute Gasteiger partial charge is 0.0564 e. The summed E-state index contributed by atoms with van der Waals surface area (Å²) in [4.78, 5) is 7.02. The molecule has 100 valence electrons. The number of likely N-dealkylation sites (tertiary alicyclic amines) is 1. The van der Waals surface area contributed by atoms with Crippen LogP contribution in [0.1, 0.15) is 38.8 Å². The Balaban J connectivity index is 1.98. The van der Waals surface area contributed by atoms with Gasteiger partial charge in [-0.05, 0) is 43.4 Å². The van der Waals surface area contributed by atoms with Gasteiger partial charge in [0.05, 0.1) is 5.69 Å². The Labute approximate surface area is 111 Å². The van der Waals surface area contributed by atoms with Crippen LogP contribution in [0.4, 0.5) is 5.69 Å². The Morgan fingerprint density at radius 2 is 2.17 bits per heavy atom. The van der Waals surface area contributed by atoms with Gasteiger partial charge in [-0.2, -0.15) is 0 Å². The van der Waals surface area contributed by atoms with E-state index in [0.29, 0.717) is 5.41 Å². The molecule has 18 heavy (non-hydrogen) atoms. The number of aromatic nitrogens is 1. The van der Waals surface area contributed by atoms with Crippen LogP contribution >= 0.6 is 0 Å². The molecule has 0 bridgehead atoms. The van der Waals surface area contributed by atoms with Crippen LogP contribution < -0.4 is 5.32 Å². The Bertz CT molecular complexity index is 385. The van der Waals surface area contributed by atoms with Gasteiger partial charge < -0.3 is 5.32 Å². The van der Waals surface area contributed by atoms with Gasteiger partial charge in [0.15, 0.2) is 0 Å². The molecular weight excluding hydrogens is 222 g/mol. The van der Waals surface area contributed by atoms with Crippen molar-refractivity contribution in [2.75, 3.05) is 25.5 Å². The fraction of sp³-hybridized carbons (Fsp3) is 0.667. The van der Waals surface area contributed by atoms with Gasteiger partial charge in [-0.3, -0.25) is 9.88 Å². The summed E-state index contributed by atoms with van der Waals surface area (Å²) >= 11 is 0. The highest BCUT2D eigenvalue weighted by atomic mass is 15.2. The number of anilines is 1. The topological polar surface area (TPSA) is 28.2 Å². The van der Waals surface area contributed by atoms with Crippen molar-refractivity contribution in [3.63, 3.8) is 0 Å². The van der Waals surface area contributed by atoms with Crippen molar-refractivity contribution in [2.24, 2.45) is 5.41 Å². The van der Waals surface area contributed by atoms with Crippen molar-refractivity contribution < 1.29 is 0 Å². The maximum absolute atomic E-state index is 4.47. The SMILES string of the molecule is CCC1(CC)CCN(Cc2cc(NC)ccn2)C1. The highest BCUT2D eigenvalue weighted by Gasteiger charge is 2.34. The maximum atomic E-state index is 4.47. The molecule has 2 rings (SSSR count). The van der Waals surface area contributed by atoms with Crippen LogP contribution in [0.2, 0.25) is 0 Å².